The second-order valence-electron chi connectivity index (χ2n) is 2.77. The number of thiol groups is 1. The molecule has 0 aromatic carbocycles. The highest BCUT2D eigenvalue weighted by Crippen LogP contribution is 2.21. The van der Waals surface area contributed by atoms with Crippen LogP contribution in [-0.2, 0) is 14.9 Å². The fourth-order valence-corrected chi connectivity index (χ4v) is 2.45. The third kappa shape index (κ3) is 4.54. The van der Waals surface area contributed by atoms with Gasteiger partial charge in [-0.05, 0) is 6.42 Å². The maximum absolute atomic E-state index is 11.1. The summed E-state index contributed by atoms with van der Waals surface area (Å²) in [7, 11) is -1.89. The first-order valence-corrected chi connectivity index (χ1v) is 7.24. The van der Waals surface area contributed by atoms with Crippen molar-refractivity contribution in [1.29, 1.82) is 0 Å². The van der Waals surface area contributed by atoms with Crippen molar-refractivity contribution >= 4 is 38.5 Å². The second-order valence-corrected chi connectivity index (χ2v) is 6.02. The number of hydrogen-bond donors (Lipinski definition) is 3. The Hall–Kier alpha value is 0.0800. The molecule has 0 bridgehead atoms. The Kier molecular flexibility index (Phi) is 5.87. The molecule has 0 aliphatic rings. The van der Waals surface area contributed by atoms with E-state index in [9.17, 15) is 13.2 Å². The Balaban J connectivity index is 4.67. The minimum atomic E-state index is -4.34. The van der Waals surface area contributed by atoms with Gasteiger partial charge in [-0.3, -0.25) is 9.35 Å². The molecule has 0 rings (SSSR count). The van der Waals surface area contributed by atoms with Crippen molar-refractivity contribution in [2.24, 2.45) is 0 Å². The molecule has 84 valence electrons. The van der Waals surface area contributed by atoms with Crippen molar-refractivity contribution < 1.29 is 17.8 Å². The van der Waals surface area contributed by atoms with Crippen molar-refractivity contribution in [3.05, 3.63) is 0 Å². The summed E-state index contributed by atoms with van der Waals surface area (Å²) in [5, 5.41) is 0.638. The third-order valence-electron chi connectivity index (χ3n) is 1.62. The SMILES string of the molecule is CNC(=O)C(CC(C)SS)S(=O)(=O)O. The largest absolute Gasteiger partial charge is 0.358 e. The third-order valence-corrected chi connectivity index (χ3v) is 4.38. The predicted molar refractivity (Wildman–Crippen MR) is 60.1 cm³/mol. The lowest BCUT2D eigenvalue weighted by atomic mass is 10.2. The van der Waals surface area contributed by atoms with Gasteiger partial charge in [-0.25, -0.2) is 0 Å². The standard InChI is InChI=1S/C6H13NO4S3/c1-4(13-12)3-5(6(8)7-2)14(9,10)11/h4-5,12H,3H2,1-2H3,(H,7,8)(H,9,10,11). The van der Waals surface area contributed by atoms with E-state index in [1.54, 1.807) is 6.92 Å². The van der Waals surface area contributed by atoms with Crippen LogP contribution in [0.1, 0.15) is 13.3 Å². The molecule has 0 spiro atoms. The van der Waals surface area contributed by atoms with Gasteiger partial charge >= 0.3 is 0 Å². The summed E-state index contributed by atoms with van der Waals surface area (Å²) >= 11 is 3.89. The fourth-order valence-electron chi connectivity index (χ4n) is 0.869. The monoisotopic (exact) mass is 259 g/mol. The van der Waals surface area contributed by atoms with E-state index in [2.05, 4.69) is 17.0 Å². The van der Waals surface area contributed by atoms with Gasteiger partial charge < -0.3 is 5.32 Å². The Bertz CT molecular complexity index is 289. The highest BCUT2D eigenvalue weighted by molar-refractivity contribution is 8.68. The van der Waals surface area contributed by atoms with E-state index in [4.69, 9.17) is 4.55 Å². The number of hydrogen-bond acceptors (Lipinski definition) is 5. The average Bonchev–Trinajstić information content (AvgIpc) is 2.10. The Morgan fingerprint density at radius 3 is 2.43 bits per heavy atom. The minimum Gasteiger partial charge on any atom is -0.358 e. The molecule has 0 aliphatic carbocycles. The zero-order valence-electron chi connectivity index (χ0n) is 7.80. The second kappa shape index (κ2) is 5.84. The van der Waals surface area contributed by atoms with Crippen molar-refractivity contribution in [3.8, 4) is 0 Å². The first kappa shape index (κ1) is 14.1. The number of rotatable bonds is 5. The van der Waals surface area contributed by atoms with E-state index in [0.29, 0.717) is 0 Å². The van der Waals surface area contributed by atoms with Crippen molar-refractivity contribution in [2.75, 3.05) is 7.05 Å². The van der Waals surface area contributed by atoms with E-state index in [-0.39, 0.29) is 11.7 Å². The minimum absolute atomic E-state index is 0.0344. The van der Waals surface area contributed by atoms with E-state index in [1.807, 2.05) is 0 Å². The van der Waals surface area contributed by atoms with E-state index in [0.717, 1.165) is 10.8 Å². The topological polar surface area (TPSA) is 83.5 Å². The van der Waals surface area contributed by atoms with Crippen LogP contribution < -0.4 is 5.32 Å². The summed E-state index contributed by atoms with van der Waals surface area (Å²) in [5.74, 6) is -0.707. The summed E-state index contributed by atoms with van der Waals surface area (Å²) in [6.07, 6.45) is 0.0344. The molecule has 8 heteroatoms. The molecule has 0 heterocycles. The van der Waals surface area contributed by atoms with Gasteiger partial charge in [-0.1, -0.05) is 17.7 Å². The molecular formula is C6H13NO4S3. The van der Waals surface area contributed by atoms with E-state index >= 15 is 0 Å². The van der Waals surface area contributed by atoms with Crippen LogP contribution in [0.5, 0.6) is 0 Å². The normalized spacial score (nSPS) is 16.0. The fraction of sp³-hybridized carbons (Fsp3) is 0.833. The molecule has 2 N–H and O–H groups in total. The van der Waals surface area contributed by atoms with Crippen LogP contribution >= 0.6 is 22.5 Å². The first-order chi connectivity index (χ1) is 6.32. The Morgan fingerprint density at radius 1 is 1.64 bits per heavy atom. The lowest BCUT2D eigenvalue weighted by Gasteiger charge is -2.15. The van der Waals surface area contributed by atoms with Crippen LogP contribution in [0, 0.1) is 0 Å². The lowest BCUT2D eigenvalue weighted by Crippen LogP contribution is -2.39. The quantitative estimate of drug-likeness (QED) is 0.377. The van der Waals surface area contributed by atoms with Crippen molar-refractivity contribution in [2.45, 2.75) is 23.8 Å². The van der Waals surface area contributed by atoms with Gasteiger partial charge in [-0.2, -0.15) is 8.42 Å². The van der Waals surface area contributed by atoms with Gasteiger partial charge in [0.15, 0.2) is 5.25 Å². The molecule has 14 heavy (non-hydrogen) atoms. The predicted octanol–water partition coefficient (Wildman–Crippen LogP) is 0.345. The first-order valence-electron chi connectivity index (χ1n) is 3.81. The molecule has 0 fully saturated rings. The molecule has 0 aromatic heterocycles. The van der Waals surface area contributed by atoms with Crippen LogP contribution in [-0.4, -0.2) is 36.4 Å². The summed E-state index contributed by atoms with van der Waals surface area (Å²) in [6.45, 7) is 1.72. The molecule has 0 aliphatic heterocycles. The average molecular weight is 259 g/mol. The van der Waals surface area contributed by atoms with Crippen molar-refractivity contribution in [1.82, 2.24) is 5.32 Å². The zero-order chi connectivity index (χ0) is 11.4. The summed E-state index contributed by atoms with van der Waals surface area (Å²) in [4.78, 5) is 11.1. The van der Waals surface area contributed by atoms with Crippen molar-refractivity contribution in [3.63, 3.8) is 0 Å². The van der Waals surface area contributed by atoms with Gasteiger partial charge in [0.2, 0.25) is 5.91 Å². The summed E-state index contributed by atoms with van der Waals surface area (Å²) in [6, 6.07) is 0. The molecular weight excluding hydrogens is 246 g/mol. The zero-order valence-corrected chi connectivity index (χ0v) is 10.3. The highest BCUT2D eigenvalue weighted by Gasteiger charge is 2.31. The van der Waals surface area contributed by atoms with Gasteiger partial charge in [0, 0.05) is 12.3 Å². The van der Waals surface area contributed by atoms with Gasteiger partial charge in [0.25, 0.3) is 10.1 Å². The lowest BCUT2D eigenvalue weighted by molar-refractivity contribution is -0.120. The molecule has 1 amide bonds. The highest BCUT2D eigenvalue weighted by atomic mass is 33.1. The van der Waals surface area contributed by atoms with Gasteiger partial charge in [0.05, 0.1) is 0 Å². The van der Waals surface area contributed by atoms with Crippen LogP contribution in [0.2, 0.25) is 0 Å². The van der Waals surface area contributed by atoms with Crippen LogP contribution in [0.25, 0.3) is 0 Å². The summed E-state index contributed by atoms with van der Waals surface area (Å²) < 4.78 is 30.5. The molecule has 0 saturated heterocycles. The molecule has 0 radical (unpaired) electrons. The van der Waals surface area contributed by atoms with Gasteiger partial charge in [-0.15, -0.1) is 11.7 Å². The summed E-state index contributed by atoms with van der Waals surface area (Å²) in [5.41, 5.74) is 0. The van der Waals surface area contributed by atoms with E-state index in [1.165, 1.54) is 7.05 Å². The Labute approximate surface area is 92.6 Å². The molecule has 0 aromatic rings. The number of nitrogens with one attached hydrogen (secondary N) is 1. The van der Waals surface area contributed by atoms with Gasteiger partial charge in [0.1, 0.15) is 0 Å². The smallest absolute Gasteiger partial charge is 0.276 e. The Morgan fingerprint density at radius 2 is 2.14 bits per heavy atom. The van der Waals surface area contributed by atoms with Crippen LogP contribution in [0.15, 0.2) is 0 Å². The number of carbonyl (C=O) groups is 1. The maximum Gasteiger partial charge on any atom is 0.276 e. The van der Waals surface area contributed by atoms with Crippen LogP contribution in [0.3, 0.4) is 0 Å². The molecule has 2 atom stereocenters. The number of carbonyl (C=O) groups excluding carboxylic acids is 1. The maximum atomic E-state index is 11.1. The number of amides is 1. The molecule has 2 unspecified atom stereocenters. The van der Waals surface area contributed by atoms with Crippen LogP contribution in [0.4, 0.5) is 0 Å². The molecule has 5 nitrogen and oxygen atoms in total. The van der Waals surface area contributed by atoms with E-state index < -0.39 is 21.3 Å². The molecule has 0 saturated carbocycles.